The molecule has 0 bridgehead atoms. The zero-order valence-electron chi connectivity index (χ0n) is 16.8. The van der Waals surface area contributed by atoms with Gasteiger partial charge in [0.2, 0.25) is 11.1 Å². The van der Waals surface area contributed by atoms with E-state index in [4.69, 9.17) is 22.9 Å². The lowest BCUT2D eigenvalue weighted by Crippen LogP contribution is -2.24. The first-order valence-electron chi connectivity index (χ1n) is 8.85. The van der Waals surface area contributed by atoms with Gasteiger partial charge in [0.25, 0.3) is 20.0 Å². The number of nitrogen functional groups attached to an aromatic ring is 2. The van der Waals surface area contributed by atoms with E-state index in [1.165, 1.54) is 59.9 Å². The lowest BCUT2D eigenvalue weighted by molar-refractivity contribution is 0.597. The van der Waals surface area contributed by atoms with Gasteiger partial charge in [-0.15, -0.1) is 14.6 Å². The molecule has 9 N–H and O–H groups in total. The van der Waals surface area contributed by atoms with Crippen molar-refractivity contribution in [1.29, 1.82) is 0 Å². The number of rotatable bonds is 6. The molecule has 0 spiro atoms. The van der Waals surface area contributed by atoms with Crippen molar-refractivity contribution in [3.05, 3.63) is 53.5 Å². The summed E-state index contributed by atoms with van der Waals surface area (Å²) in [5.74, 6) is -0.498. The molecule has 0 aliphatic rings. The van der Waals surface area contributed by atoms with E-state index in [9.17, 15) is 16.8 Å². The molecule has 1 heterocycles. The first-order chi connectivity index (χ1) is 14.9. The molecule has 1 aromatic heterocycles. The van der Waals surface area contributed by atoms with Crippen molar-refractivity contribution in [2.45, 2.75) is 23.1 Å². The molecule has 32 heavy (non-hydrogen) atoms. The van der Waals surface area contributed by atoms with Crippen LogP contribution in [0.1, 0.15) is 11.9 Å². The van der Waals surface area contributed by atoms with E-state index in [1.807, 2.05) is 6.92 Å². The average molecular weight is 499 g/mol. The number of hydrogen-bond acceptors (Lipinski definition) is 9. The van der Waals surface area contributed by atoms with Crippen LogP contribution in [0.2, 0.25) is 0 Å². The molecule has 0 saturated heterocycles. The lowest BCUT2D eigenvalue weighted by atomic mass is 10.3. The van der Waals surface area contributed by atoms with Gasteiger partial charge in [-0.3, -0.25) is 4.72 Å². The number of aryl methyl sites for hydroxylation is 1. The Labute approximate surface area is 189 Å². The minimum Gasteiger partial charge on any atom is -0.399 e. The molecule has 12 nitrogen and oxygen atoms in total. The standard InChI is InChI=1S/C10H12N4O2S2.C7H10N4O2S/c1-2-9-12-13-10(17-9)14-18(15,16)8-5-3-7(11)4-6-8;8-5-1-3-6(4-2-5)14(12,13)11-7(9)10/h3-6H,2,11H2,1H3,(H,13,14);1-4H,8H2,(H4,9,10,11). The first kappa shape index (κ1) is 24.8. The summed E-state index contributed by atoms with van der Waals surface area (Å²) in [6.07, 6.45) is 0.723. The number of nitrogens with two attached hydrogens (primary N) is 4. The van der Waals surface area contributed by atoms with Crippen LogP contribution < -0.4 is 27.7 Å². The molecular formula is C17H22N8O4S3. The largest absolute Gasteiger partial charge is 0.399 e. The maximum Gasteiger partial charge on any atom is 0.285 e. The Morgan fingerprint density at radius 2 is 1.41 bits per heavy atom. The number of anilines is 3. The van der Waals surface area contributed by atoms with Crippen LogP contribution in [-0.4, -0.2) is 33.0 Å². The molecule has 0 aliphatic carbocycles. The summed E-state index contributed by atoms with van der Waals surface area (Å²) in [7, 11) is -7.42. The third kappa shape index (κ3) is 7.07. The first-order valence-corrected chi connectivity index (χ1v) is 12.6. The zero-order valence-corrected chi connectivity index (χ0v) is 19.3. The summed E-state index contributed by atoms with van der Waals surface area (Å²) >= 11 is 1.22. The normalized spacial score (nSPS) is 11.2. The molecule has 3 aromatic rings. The van der Waals surface area contributed by atoms with Crippen molar-refractivity contribution in [2.75, 3.05) is 16.2 Å². The van der Waals surface area contributed by atoms with Crippen molar-refractivity contribution >= 4 is 53.8 Å². The zero-order chi connectivity index (χ0) is 23.9. The second-order valence-corrected chi connectivity index (χ2v) is 10.4. The van der Waals surface area contributed by atoms with Gasteiger partial charge in [0.1, 0.15) is 5.01 Å². The molecule has 0 atom stereocenters. The van der Waals surface area contributed by atoms with Gasteiger partial charge in [-0.1, -0.05) is 18.3 Å². The third-order valence-corrected chi connectivity index (χ3v) is 7.37. The average Bonchev–Trinajstić information content (AvgIpc) is 3.15. The number of sulfonamides is 2. The lowest BCUT2D eigenvalue weighted by Gasteiger charge is -2.04. The molecular weight excluding hydrogens is 476 g/mol. The minimum atomic E-state index is -3.79. The molecule has 172 valence electrons. The van der Waals surface area contributed by atoms with Crippen LogP contribution in [0.3, 0.4) is 0 Å². The number of nitrogens with one attached hydrogen (secondary N) is 1. The van der Waals surface area contributed by atoms with E-state index >= 15 is 0 Å². The van der Waals surface area contributed by atoms with E-state index < -0.39 is 26.0 Å². The number of aromatic nitrogens is 2. The van der Waals surface area contributed by atoms with Gasteiger partial charge >= 0.3 is 0 Å². The molecule has 0 amide bonds. The van der Waals surface area contributed by atoms with Crippen LogP contribution in [0.4, 0.5) is 16.5 Å². The van der Waals surface area contributed by atoms with Crippen LogP contribution in [-0.2, 0) is 26.5 Å². The van der Waals surface area contributed by atoms with E-state index in [0.717, 1.165) is 11.4 Å². The highest BCUT2D eigenvalue weighted by atomic mass is 32.2. The van der Waals surface area contributed by atoms with Crippen molar-refractivity contribution < 1.29 is 16.8 Å². The molecule has 0 unspecified atom stereocenters. The molecule has 3 rings (SSSR count). The monoisotopic (exact) mass is 498 g/mol. The Hall–Kier alpha value is -3.43. The van der Waals surface area contributed by atoms with E-state index in [1.54, 1.807) is 0 Å². The molecule has 0 aliphatic heterocycles. The summed E-state index contributed by atoms with van der Waals surface area (Å²) in [6.45, 7) is 1.93. The van der Waals surface area contributed by atoms with Crippen LogP contribution in [0.5, 0.6) is 0 Å². The quantitative estimate of drug-likeness (QED) is 0.182. The number of benzene rings is 2. The van der Waals surface area contributed by atoms with Crippen LogP contribution in [0.25, 0.3) is 0 Å². The predicted molar refractivity (Wildman–Crippen MR) is 125 cm³/mol. The fourth-order valence-electron chi connectivity index (χ4n) is 2.09. The highest BCUT2D eigenvalue weighted by Gasteiger charge is 2.16. The van der Waals surface area contributed by atoms with Crippen LogP contribution in [0.15, 0.2) is 62.7 Å². The van der Waals surface area contributed by atoms with Gasteiger partial charge in [0.15, 0.2) is 0 Å². The molecule has 0 saturated carbocycles. The maximum absolute atomic E-state index is 12.0. The van der Waals surface area contributed by atoms with E-state index in [0.29, 0.717) is 11.4 Å². The van der Waals surface area contributed by atoms with Gasteiger partial charge < -0.3 is 22.9 Å². The number of nitrogens with zero attached hydrogens (tertiary/aromatic N) is 3. The molecule has 0 fully saturated rings. The molecule has 15 heteroatoms. The Morgan fingerprint density at radius 1 is 0.906 bits per heavy atom. The van der Waals surface area contributed by atoms with E-state index in [2.05, 4.69) is 19.3 Å². The van der Waals surface area contributed by atoms with Crippen LogP contribution in [0, 0.1) is 0 Å². The summed E-state index contributed by atoms with van der Waals surface area (Å²) in [6, 6.07) is 11.5. The Balaban J connectivity index is 0.000000235. The van der Waals surface area contributed by atoms with Gasteiger partial charge in [-0.25, -0.2) is 8.42 Å². The highest BCUT2D eigenvalue weighted by Crippen LogP contribution is 2.20. The summed E-state index contributed by atoms with van der Waals surface area (Å²) in [5.41, 5.74) is 21.8. The van der Waals surface area contributed by atoms with Gasteiger partial charge in [0.05, 0.1) is 9.79 Å². The third-order valence-electron chi connectivity index (χ3n) is 3.58. The van der Waals surface area contributed by atoms with Crippen molar-refractivity contribution in [3.63, 3.8) is 0 Å². The fourth-order valence-corrected chi connectivity index (χ4v) is 4.86. The van der Waals surface area contributed by atoms with Crippen LogP contribution >= 0.6 is 11.3 Å². The maximum atomic E-state index is 12.0. The van der Waals surface area contributed by atoms with Gasteiger partial charge in [-0.2, -0.15) is 8.42 Å². The van der Waals surface area contributed by atoms with E-state index in [-0.39, 0.29) is 14.9 Å². The van der Waals surface area contributed by atoms with Crippen molar-refractivity contribution in [3.8, 4) is 0 Å². The summed E-state index contributed by atoms with van der Waals surface area (Å²) in [4.78, 5) is 0.144. The number of guanidine groups is 1. The predicted octanol–water partition coefficient (Wildman–Crippen LogP) is 0.714. The molecule has 0 radical (unpaired) electrons. The second kappa shape index (κ2) is 10.3. The van der Waals surface area contributed by atoms with Crippen molar-refractivity contribution in [2.24, 2.45) is 15.9 Å². The second-order valence-electron chi connectivity index (χ2n) is 6.09. The number of hydrogen-bond donors (Lipinski definition) is 5. The Morgan fingerprint density at radius 3 is 1.84 bits per heavy atom. The minimum absolute atomic E-state index is 0.0000926. The fraction of sp³-hybridized carbons (Fsp3) is 0.118. The van der Waals surface area contributed by atoms with Gasteiger partial charge in [-0.05, 0) is 55.0 Å². The Kier molecular flexibility index (Phi) is 7.96. The summed E-state index contributed by atoms with van der Waals surface area (Å²) in [5, 5.41) is 8.67. The Bertz CT molecular complexity index is 1280. The summed E-state index contributed by atoms with van der Waals surface area (Å²) < 4.78 is 52.2. The van der Waals surface area contributed by atoms with Crippen molar-refractivity contribution in [1.82, 2.24) is 10.2 Å². The van der Waals surface area contributed by atoms with Gasteiger partial charge in [0, 0.05) is 11.4 Å². The highest BCUT2D eigenvalue weighted by molar-refractivity contribution is 7.93. The topological polar surface area (TPSA) is 223 Å². The SMILES string of the molecule is CCc1nnc(NS(=O)(=O)c2ccc(N)cc2)s1.NC(N)=NS(=O)(=O)c1ccc(N)cc1. The molecule has 2 aromatic carbocycles. The smallest absolute Gasteiger partial charge is 0.285 e.